The second-order valence-corrected chi connectivity index (χ2v) is 16.1. The first-order valence-corrected chi connectivity index (χ1v) is 15.2. The molecule has 0 saturated heterocycles. The summed E-state index contributed by atoms with van der Waals surface area (Å²) in [7, 11) is 0. The minimum atomic E-state index is -0.988. The van der Waals surface area contributed by atoms with Crippen LogP contribution in [-0.4, -0.2) is 21.3 Å². The molecule has 0 saturated carbocycles. The molecule has 0 amide bonds. The van der Waals surface area contributed by atoms with Gasteiger partial charge in [-0.2, -0.15) is 0 Å². The van der Waals surface area contributed by atoms with Gasteiger partial charge in [0.05, 0.1) is 0 Å². The van der Waals surface area contributed by atoms with Gasteiger partial charge in [0, 0.05) is 6.08 Å². The highest BCUT2D eigenvalue weighted by molar-refractivity contribution is 5.85. The first kappa shape index (κ1) is 34.0. The summed E-state index contributed by atoms with van der Waals surface area (Å²) in [6.45, 7) is 25.4. The van der Waals surface area contributed by atoms with E-state index in [1.807, 2.05) is 6.07 Å². The van der Waals surface area contributed by atoms with Gasteiger partial charge in [0.2, 0.25) is 0 Å². The summed E-state index contributed by atoms with van der Waals surface area (Å²) in [6, 6.07) is 14.6. The summed E-state index contributed by atoms with van der Waals surface area (Å²) in [5.74, 6) is -0.270. The molecule has 4 nitrogen and oxygen atoms in total. The van der Waals surface area contributed by atoms with E-state index in [4.69, 9.17) is 0 Å². The number of carboxylic acid groups (broad SMARTS) is 1. The number of hydrogen-bond acceptors (Lipinski definition) is 3. The quantitative estimate of drug-likeness (QED) is 0.252. The standard InChI is InChI=1S/C39H52O4/c1-36(2,3)29-20-25(21-30(34(29)42)37(4,5)6)17-24-13-14-27(15-16-33(40)41)28(18-24)19-26-22-31(38(7,8)9)35(43)32(23-26)39(10,11)12/h13-16,18,20-23,42-43H,17,19H2,1-12H3,(H,40,41). The summed E-state index contributed by atoms with van der Waals surface area (Å²) in [6.07, 6.45) is 4.11. The summed E-state index contributed by atoms with van der Waals surface area (Å²) in [5.41, 5.74) is 7.93. The van der Waals surface area contributed by atoms with Crippen LogP contribution in [0.15, 0.2) is 48.5 Å². The van der Waals surface area contributed by atoms with E-state index in [0.29, 0.717) is 24.3 Å². The third-order valence-electron chi connectivity index (χ3n) is 7.99. The van der Waals surface area contributed by atoms with Crippen molar-refractivity contribution in [3.8, 4) is 11.5 Å². The van der Waals surface area contributed by atoms with Gasteiger partial charge >= 0.3 is 5.97 Å². The fourth-order valence-electron chi connectivity index (χ4n) is 5.58. The first-order chi connectivity index (χ1) is 19.5. The maximum Gasteiger partial charge on any atom is 0.328 e. The lowest BCUT2D eigenvalue weighted by molar-refractivity contribution is -0.131. The topological polar surface area (TPSA) is 77.8 Å². The molecule has 0 heterocycles. The molecule has 0 aliphatic rings. The number of hydrogen-bond donors (Lipinski definition) is 3. The minimum Gasteiger partial charge on any atom is -0.507 e. The average Bonchev–Trinajstić information content (AvgIpc) is 2.82. The van der Waals surface area contributed by atoms with Gasteiger partial charge in [-0.1, -0.05) is 126 Å². The minimum absolute atomic E-state index is 0.217. The normalized spacial score (nSPS) is 13.1. The van der Waals surface area contributed by atoms with E-state index < -0.39 is 5.97 Å². The van der Waals surface area contributed by atoms with Gasteiger partial charge in [-0.05, 0) is 90.6 Å². The van der Waals surface area contributed by atoms with Crippen LogP contribution in [0.2, 0.25) is 0 Å². The Morgan fingerprint density at radius 3 is 1.30 bits per heavy atom. The van der Waals surface area contributed by atoms with Crippen LogP contribution in [0.3, 0.4) is 0 Å². The van der Waals surface area contributed by atoms with Gasteiger partial charge in [-0.25, -0.2) is 4.79 Å². The molecule has 0 aliphatic heterocycles. The van der Waals surface area contributed by atoms with Crippen LogP contribution in [0.1, 0.15) is 133 Å². The molecule has 0 aliphatic carbocycles. The van der Waals surface area contributed by atoms with Crippen molar-refractivity contribution < 1.29 is 20.1 Å². The molecule has 43 heavy (non-hydrogen) atoms. The monoisotopic (exact) mass is 584 g/mol. The lowest BCUT2D eigenvalue weighted by Gasteiger charge is -2.28. The fourth-order valence-corrected chi connectivity index (χ4v) is 5.58. The lowest BCUT2D eigenvalue weighted by atomic mass is 9.77. The van der Waals surface area contributed by atoms with Gasteiger partial charge in [-0.3, -0.25) is 0 Å². The summed E-state index contributed by atoms with van der Waals surface area (Å²) < 4.78 is 0. The van der Waals surface area contributed by atoms with Crippen LogP contribution in [0, 0.1) is 0 Å². The number of rotatable bonds is 6. The van der Waals surface area contributed by atoms with Gasteiger partial charge in [0.25, 0.3) is 0 Å². The SMILES string of the molecule is CC(C)(C)c1cc(Cc2ccc(C=CC(=O)O)c(Cc3cc(C(C)(C)C)c(O)c(C(C)(C)C)c3)c2)cc(C(C)(C)C)c1O. The number of aliphatic carboxylic acids is 1. The Kier molecular flexibility index (Phi) is 9.37. The van der Waals surface area contributed by atoms with Crippen LogP contribution >= 0.6 is 0 Å². The van der Waals surface area contributed by atoms with Gasteiger partial charge in [0.1, 0.15) is 11.5 Å². The van der Waals surface area contributed by atoms with Gasteiger partial charge in [-0.15, -0.1) is 0 Å². The van der Waals surface area contributed by atoms with Crippen molar-refractivity contribution in [1.29, 1.82) is 0 Å². The molecular weight excluding hydrogens is 532 g/mol. The Morgan fingerprint density at radius 1 is 0.581 bits per heavy atom. The molecule has 3 N–H and O–H groups in total. The Balaban J connectivity index is 2.18. The largest absolute Gasteiger partial charge is 0.507 e. The Hall–Kier alpha value is -3.53. The lowest BCUT2D eigenvalue weighted by Crippen LogP contribution is -2.18. The highest BCUT2D eigenvalue weighted by Gasteiger charge is 2.28. The number of carbonyl (C=O) groups is 1. The molecular formula is C39H52O4. The average molecular weight is 585 g/mol. The van der Waals surface area contributed by atoms with Crippen molar-refractivity contribution in [2.24, 2.45) is 0 Å². The fraction of sp³-hybridized carbons (Fsp3) is 0.462. The first-order valence-electron chi connectivity index (χ1n) is 15.2. The summed E-state index contributed by atoms with van der Waals surface area (Å²) >= 11 is 0. The molecule has 0 bridgehead atoms. The molecule has 232 valence electrons. The molecule has 3 aromatic carbocycles. The highest BCUT2D eigenvalue weighted by Crippen LogP contribution is 2.42. The maximum atomic E-state index is 11.4. The van der Waals surface area contributed by atoms with E-state index in [1.54, 1.807) is 6.08 Å². The number of aromatic hydroxyl groups is 2. The molecule has 3 rings (SSSR count). The zero-order valence-corrected chi connectivity index (χ0v) is 28.4. The van der Waals surface area contributed by atoms with Crippen molar-refractivity contribution in [3.63, 3.8) is 0 Å². The van der Waals surface area contributed by atoms with Crippen molar-refractivity contribution in [2.75, 3.05) is 0 Å². The van der Waals surface area contributed by atoms with Crippen LogP contribution in [0.5, 0.6) is 11.5 Å². The molecule has 0 unspecified atom stereocenters. The maximum absolute atomic E-state index is 11.4. The molecule has 0 radical (unpaired) electrons. The Morgan fingerprint density at radius 2 is 0.953 bits per heavy atom. The Labute approximate surface area is 259 Å². The zero-order valence-electron chi connectivity index (χ0n) is 28.4. The third-order valence-corrected chi connectivity index (χ3v) is 7.99. The number of carboxylic acids is 1. The van der Waals surface area contributed by atoms with E-state index >= 15 is 0 Å². The molecule has 0 aromatic heterocycles. The van der Waals surface area contributed by atoms with Gasteiger partial charge < -0.3 is 15.3 Å². The van der Waals surface area contributed by atoms with E-state index in [2.05, 4.69) is 119 Å². The summed E-state index contributed by atoms with van der Waals surface area (Å²) in [4.78, 5) is 11.4. The smallest absolute Gasteiger partial charge is 0.328 e. The second kappa shape index (κ2) is 11.9. The highest BCUT2D eigenvalue weighted by atomic mass is 16.4. The van der Waals surface area contributed by atoms with Crippen LogP contribution in [-0.2, 0) is 39.3 Å². The molecule has 4 heteroatoms. The van der Waals surface area contributed by atoms with Crippen LogP contribution in [0.25, 0.3) is 6.08 Å². The molecule has 0 spiro atoms. The van der Waals surface area contributed by atoms with Crippen LogP contribution in [0.4, 0.5) is 0 Å². The number of phenols is 2. The Bertz CT molecular complexity index is 1460. The predicted molar refractivity (Wildman–Crippen MR) is 180 cm³/mol. The zero-order chi connectivity index (χ0) is 32.7. The van der Waals surface area contributed by atoms with Crippen molar-refractivity contribution >= 4 is 12.0 Å². The summed E-state index contributed by atoms with van der Waals surface area (Å²) in [5, 5.41) is 31.8. The van der Waals surface area contributed by atoms with Crippen LogP contribution < -0.4 is 0 Å². The molecule has 0 atom stereocenters. The van der Waals surface area contributed by atoms with Crippen molar-refractivity contribution in [1.82, 2.24) is 0 Å². The number of benzene rings is 3. The van der Waals surface area contributed by atoms with Gasteiger partial charge in [0.15, 0.2) is 0 Å². The van der Waals surface area contributed by atoms with E-state index in [0.717, 1.165) is 50.1 Å². The number of phenolic OH excluding ortho intramolecular Hbond substituents is 2. The third kappa shape index (κ3) is 8.31. The van der Waals surface area contributed by atoms with Crippen molar-refractivity contribution in [2.45, 2.75) is 118 Å². The van der Waals surface area contributed by atoms with E-state index in [1.165, 1.54) is 6.08 Å². The predicted octanol–water partition coefficient (Wildman–Crippen LogP) is 9.57. The van der Waals surface area contributed by atoms with E-state index in [9.17, 15) is 20.1 Å². The molecule has 0 fully saturated rings. The van der Waals surface area contributed by atoms with E-state index in [-0.39, 0.29) is 21.7 Å². The second-order valence-electron chi connectivity index (χ2n) is 16.1. The van der Waals surface area contributed by atoms with Crippen molar-refractivity contribution in [3.05, 3.63) is 98.6 Å². The molecule has 3 aromatic rings.